The Morgan fingerprint density at radius 2 is 1.91 bits per heavy atom. The van der Waals surface area contributed by atoms with Gasteiger partial charge in [-0.25, -0.2) is 9.97 Å². The van der Waals surface area contributed by atoms with Gasteiger partial charge in [-0.3, -0.25) is 14.8 Å². The fraction of sp³-hybridized carbons (Fsp3) is 0.304. The van der Waals surface area contributed by atoms with E-state index >= 15 is 0 Å². The maximum Gasteiger partial charge on any atom is 0.275 e. The van der Waals surface area contributed by atoms with Crippen LogP contribution in [-0.2, 0) is 6.54 Å². The van der Waals surface area contributed by atoms with E-state index in [4.69, 9.17) is 0 Å². The summed E-state index contributed by atoms with van der Waals surface area (Å²) in [7, 11) is 2.16. The molecule has 10 nitrogen and oxygen atoms in total. The molecule has 0 bridgehead atoms. The molecular weight excluding hydrogens is 418 g/mol. The van der Waals surface area contributed by atoms with Crippen molar-refractivity contribution >= 4 is 34.1 Å². The molecule has 1 amide bonds. The first-order valence-electron chi connectivity index (χ1n) is 11.0. The number of benzene rings is 1. The third-order valence-corrected chi connectivity index (χ3v) is 6.00. The molecule has 1 saturated heterocycles. The highest BCUT2D eigenvalue weighted by Crippen LogP contribution is 2.26. The number of H-pyrrole nitrogens is 2. The Kier molecular flexibility index (Phi) is 5.76. The van der Waals surface area contributed by atoms with Crippen LogP contribution in [0.3, 0.4) is 0 Å². The zero-order chi connectivity index (χ0) is 22.8. The average Bonchev–Trinajstić information content (AvgIpc) is 3.44. The number of likely N-dealkylation sites (N-methyl/N-ethyl adjacent to an activating group) is 1. The van der Waals surface area contributed by atoms with Crippen molar-refractivity contribution in [2.45, 2.75) is 13.5 Å². The Labute approximate surface area is 191 Å². The maximum absolute atomic E-state index is 12.9. The van der Waals surface area contributed by atoms with Crippen molar-refractivity contribution in [2.24, 2.45) is 0 Å². The van der Waals surface area contributed by atoms with Crippen molar-refractivity contribution in [1.29, 1.82) is 0 Å². The second kappa shape index (κ2) is 9.00. The highest BCUT2D eigenvalue weighted by molar-refractivity contribution is 6.07. The average molecular weight is 446 g/mol. The maximum atomic E-state index is 12.9. The molecule has 4 N–H and O–H groups in total. The molecule has 33 heavy (non-hydrogen) atoms. The summed E-state index contributed by atoms with van der Waals surface area (Å²) in [6.45, 7) is 7.24. The van der Waals surface area contributed by atoms with Crippen LogP contribution in [0.1, 0.15) is 21.6 Å². The molecule has 3 aromatic heterocycles. The van der Waals surface area contributed by atoms with Gasteiger partial charge in [-0.2, -0.15) is 5.10 Å². The van der Waals surface area contributed by atoms with Gasteiger partial charge >= 0.3 is 0 Å². The normalized spacial score (nSPS) is 15.1. The molecule has 5 rings (SSSR count). The molecule has 1 aliphatic heterocycles. The number of rotatable bonds is 6. The summed E-state index contributed by atoms with van der Waals surface area (Å²) < 4.78 is 0. The van der Waals surface area contributed by atoms with Crippen LogP contribution in [0.25, 0.3) is 11.0 Å². The third-order valence-electron chi connectivity index (χ3n) is 6.00. The van der Waals surface area contributed by atoms with Gasteiger partial charge in [0.2, 0.25) is 0 Å². The van der Waals surface area contributed by atoms with Crippen LogP contribution in [0, 0.1) is 6.92 Å². The number of hydrogen-bond donors (Lipinski definition) is 4. The lowest BCUT2D eigenvalue weighted by molar-refractivity contribution is 0.102. The predicted octanol–water partition coefficient (Wildman–Crippen LogP) is 2.73. The minimum atomic E-state index is -0.280. The molecule has 0 spiro atoms. The fourth-order valence-corrected chi connectivity index (χ4v) is 4.04. The zero-order valence-corrected chi connectivity index (χ0v) is 18.7. The molecule has 0 atom stereocenters. The molecule has 1 aromatic carbocycles. The van der Waals surface area contributed by atoms with Crippen LogP contribution < -0.4 is 10.6 Å². The number of hydrogen-bond acceptors (Lipinski definition) is 7. The summed E-state index contributed by atoms with van der Waals surface area (Å²) in [5.41, 5.74) is 4.58. The van der Waals surface area contributed by atoms with Crippen molar-refractivity contribution in [1.82, 2.24) is 34.9 Å². The van der Waals surface area contributed by atoms with Gasteiger partial charge in [0.1, 0.15) is 23.5 Å². The summed E-state index contributed by atoms with van der Waals surface area (Å²) in [6, 6.07) is 7.99. The van der Waals surface area contributed by atoms with Crippen LogP contribution in [0.4, 0.5) is 17.2 Å². The summed E-state index contributed by atoms with van der Waals surface area (Å²) in [6.07, 6.45) is 4.93. The lowest BCUT2D eigenvalue weighted by Crippen LogP contribution is -2.43. The number of aromatic amines is 2. The summed E-state index contributed by atoms with van der Waals surface area (Å²) in [5.74, 6) is 0.334. The quantitative estimate of drug-likeness (QED) is 0.360. The lowest BCUT2D eigenvalue weighted by atomic mass is 10.1. The van der Waals surface area contributed by atoms with Crippen LogP contribution >= 0.6 is 0 Å². The Bertz CT molecular complexity index is 1250. The number of carbonyl (C=O) groups is 1. The van der Waals surface area contributed by atoms with Gasteiger partial charge in [-0.15, -0.1) is 0 Å². The summed E-state index contributed by atoms with van der Waals surface area (Å²) >= 11 is 0. The van der Waals surface area contributed by atoms with E-state index in [-0.39, 0.29) is 5.91 Å². The minimum Gasteiger partial charge on any atom is -0.346 e. The number of aromatic nitrogens is 5. The molecule has 10 heteroatoms. The lowest BCUT2D eigenvalue weighted by Gasteiger charge is -2.32. The minimum absolute atomic E-state index is 0.280. The number of nitrogens with zero attached hydrogens (tertiary/aromatic N) is 5. The van der Waals surface area contributed by atoms with Gasteiger partial charge in [0.15, 0.2) is 0 Å². The smallest absolute Gasteiger partial charge is 0.275 e. The predicted molar refractivity (Wildman–Crippen MR) is 128 cm³/mol. The monoisotopic (exact) mass is 445 g/mol. The van der Waals surface area contributed by atoms with Crippen molar-refractivity contribution in [3.63, 3.8) is 0 Å². The number of aryl methyl sites for hydroxylation is 1. The SMILES string of the molecule is Cc1c[nH]c2ncnc(Nc3cn[nH]c3C(=O)Nc3ccc(CN4CCN(C)CC4)cc3)c12. The van der Waals surface area contributed by atoms with Gasteiger partial charge in [0.25, 0.3) is 5.91 Å². The van der Waals surface area contributed by atoms with E-state index in [1.54, 1.807) is 6.20 Å². The van der Waals surface area contributed by atoms with Gasteiger partial charge in [0.05, 0.1) is 17.3 Å². The Hall–Kier alpha value is -3.76. The van der Waals surface area contributed by atoms with Crippen molar-refractivity contribution < 1.29 is 4.79 Å². The Balaban J connectivity index is 1.25. The molecule has 0 saturated carbocycles. The van der Waals surface area contributed by atoms with Crippen molar-refractivity contribution in [3.05, 3.63) is 59.8 Å². The Morgan fingerprint density at radius 1 is 1.12 bits per heavy atom. The van der Waals surface area contributed by atoms with E-state index in [9.17, 15) is 4.79 Å². The van der Waals surface area contributed by atoms with Gasteiger partial charge in [-0.1, -0.05) is 12.1 Å². The van der Waals surface area contributed by atoms with Crippen LogP contribution in [0.5, 0.6) is 0 Å². The van der Waals surface area contributed by atoms with Crippen molar-refractivity contribution in [2.75, 3.05) is 43.9 Å². The molecule has 0 aliphatic carbocycles. The standard InChI is InChI=1S/C23H27N9O/c1-15-11-24-21-19(15)22(26-14-25-21)29-18-12-27-30-20(18)23(33)28-17-5-3-16(4-6-17)13-32-9-7-31(2)8-10-32/h3-6,11-12,14H,7-10,13H2,1-2H3,(H,27,30)(H,28,33)(H2,24,25,26,29). The number of amides is 1. The number of fused-ring (bicyclic) bond motifs is 1. The number of piperazine rings is 1. The van der Waals surface area contributed by atoms with E-state index in [0.29, 0.717) is 17.2 Å². The second-order valence-corrected chi connectivity index (χ2v) is 8.43. The van der Waals surface area contributed by atoms with Crippen LogP contribution in [0.2, 0.25) is 0 Å². The van der Waals surface area contributed by atoms with Gasteiger partial charge < -0.3 is 20.5 Å². The highest BCUT2D eigenvalue weighted by atomic mass is 16.2. The zero-order valence-electron chi connectivity index (χ0n) is 18.7. The van der Waals surface area contributed by atoms with E-state index in [2.05, 4.69) is 64.8 Å². The van der Waals surface area contributed by atoms with E-state index in [0.717, 1.165) is 55.0 Å². The van der Waals surface area contributed by atoms with Gasteiger partial charge in [-0.05, 0) is 37.2 Å². The second-order valence-electron chi connectivity index (χ2n) is 8.43. The third kappa shape index (κ3) is 4.57. The van der Waals surface area contributed by atoms with E-state index < -0.39 is 0 Å². The molecule has 170 valence electrons. The largest absolute Gasteiger partial charge is 0.346 e. The molecule has 4 aromatic rings. The molecule has 4 heterocycles. The van der Waals surface area contributed by atoms with Crippen LogP contribution in [0.15, 0.2) is 43.0 Å². The molecule has 1 fully saturated rings. The Morgan fingerprint density at radius 3 is 2.70 bits per heavy atom. The summed E-state index contributed by atoms with van der Waals surface area (Å²) in [5, 5.41) is 13.9. The summed E-state index contributed by atoms with van der Waals surface area (Å²) in [4.78, 5) is 29.4. The van der Waals surface area contributed by atoms with Gasteiger partial charge in [0, 0.05) is 44.6 Å². The number of anilines is 3. The molecule has 0 unspecified atom stereocenters. The fourth-order valence-electron chi connectivity index (χ4n) is 4.04. The van der Waals surface area contributed by atoms with E-state index in [1.165, 1.54) is 11.9 Å². The van der Waals surface area contributed by atoms with E-state index in [1.807, 2.05) is 25.3 Å². The topological polar surface area (TPSA) is 118 Å². The first-order valence-corrected chi connectivity index (χ1v) is 11.0. The first kappa shape index (κ1) is 21.1. The van der Waals surface area contributed by atoms with Crippen LogP contribution in [-0.4, -0.2) is 74.1 Å². The number of nitrogens with one attached hydrogen (secondary N) is 4. The first-order chi connectivity index (χ1) is 16.1. The molecule has 1 aliphatic rings. The molecular formula is C23H27N9O. The molecule has 0 radical (unpaired) electrons. The number of carbonyl (C=O) groups excluding carboxylic acids is 1. The van der Waals surface area contributed by atoms with Crippen molar-refractivity contribution in [3.8, 4) is 0 Å². The highest BCUT2D eigenvalue weighted by Gasteiger charge is 2.17.